The van der Waals surface area contributed by atoms with Crippen LogP contribution in [0.15, 0.2) is 0 Å². The first-order valence-electron chi connectivity index (χ1n) is 4.21. The molecule has 1 unspecified atom stereocenters. The van der Waals surface area contributed by atoms with Crippen LogP contribution in [0.4, 0.5) is 0 Å². The highest BCUT2D eigenvalue weighted by Crippen LogP contribution is 2.02. The Morgan fingerprint density at radius 3 is 2.79 bits per heavy atom. The first-order chi connectivity index (χ1) is 6.66. The number of carboxylic acid groups (broad SMARTS) is 1. The van der Waals surface area contributed by atoms with Crippen molar-refractivity contribution >= 4 is 17.7 Å². The smallest absolute Gasteiger partial charge is 0.313 e. The van der Waals surface area contributed by atoms with Gasteiger partial charge in [-0.1, -0.05) is 0 Å². The molecule has 0 aliphatic rings. The van der Waals surface area contributed by atoms with Gasteiger partial charge in [0.05, 0.1) is 31.7 Å². The molecule has 14 heavy (non-hydrogen) atoms. The summed E-state index contributed by atoms with van der Waals surface area (Å²) in [6.07, 6.45) is -0.615. The fourth-order valence-electron chi connectivity index (χ4n) is 0.692. The Hall–Kier alpha value is -0.300. The van der Waals surface area contributed by atoms with E-state index < -0.39 is 12.1 Å². The third kappa shape index (κ3) is 9.79. The maximum absolute atomic E-state index is 10.1. The molecule has 84 valence electrons. The van der Waals surface area contributed by atoms with Gasteiger partial charge in [-0.25, -0.2) is 0 Å². The Balaban J connectivity index is 3.19. The minimum absolute atomic E-state index is 0.00906. The largest absolute Gasteiger partial charge is 0.481 e. The van der Waals surface area contributed by atoms with Crippen LogP contribution >= 0.6 is 11.8 Å². The van der Waals surface area contributed by atoms with Crippen molar-refractivity contribution in [2.24, 2.45) is 0 Å². The van der Waals surface area contributed by atoms with Crippen LogP contribution in [0, 0.1) is 0 Å². The van der Waals surface area contributed by atoms with Crippen LogP contribution in [0.3, 0.4) is 0 Å². The van der Waals surface area contributed by atoms with Gasteiger partial charge in [-0.3, -0.25) is 4.79 Å². The zero-order valence-electron chi connectivity index (χ0n) is 8.14. The van der Waals surface area contributed by atoms with Crippen LogP contribution in [-0.4, -0.2) is 60.7 Å². The van der Waals surface area contributed by atoms with Crippen LogP contribution in [-0.2, 0) is 14.3 Å². The summed E-state index contributed by atoms with van der Waals surface area (Å²) in [5.41, 5.74) is 0. The number of rotatable bonds is 9. The van der Waals surface area contributed by atoms with Crippen molar-refractivity contribution in [3.8, 4) is 0 Å². The van der Waals surface area contributed by atoms with E-state index in [0.29, 0.717) is 19.0 Å². The summed E-state index contributed by atoms with van der Waals surface area (Å²) in [7, 11) is 1.57. The maximum Gasteiger partial charge on any atom is 0.313 e. The summed E-state index contributed by atoms with van der Waals surface area (Å²) in [5.74, 6) is -0.489. The van der Waals surface area contributed by atoms with E-state index in [9.17, 15) is 9.90 Å². The lowest BCUT2D eigenvalue weighted by Gasteiger charge is -2.09. The second kappa shape index (κ2) is 9.26. The summed E-state index contributed by atoms with van der Waals surface area (Å²) < 4.78 is 9.80. The van der Waals surface area contributed by atoms with Gasteiger partial charge in [0.25, 0.3) is 0 Å². The van der Waals surface area contributed by atoms with Crippen LogP contribution < -0.4 is 0 Å². The summed E-state index contributed by atoms with van der Waals surface area (Å²) in [4.78, 5) is 10.1. The summed E-state index contributed by atoms with van der Waals surface area (Å²) in [5, 5.41) is 17.6. The fraction of sp³-hybridized carbons (Fsp3) is 0.875. The van der Waals surface area contributed by atoms with Gasteiger partial charge in [0.15, 0.2) is 0 Å². The zero-order valence-corrected chi connectivity index (χ0v) is 8.96. The number of methoxy groups -OCH3 is 1. The number of hydrogen-bond donors (Lipinski definition) is 2. The van der Waals surface area contributed by atoms with Crippen molar-refractivity contribution in [2.45, 2.75) is 6.10 Å². The minimum atomic E-state index is -0.873. The summed E-state index contributed by atoms with van der Waals surface area (Å²) in [6, 6.07) is 0. The maximum atomic E-state index is 10.1. The van der Waals surface area contributed by atoms with Crippen LogP contribution in [0.5, 0.6) is 0 Å². The number of thioether (sulfide) groups is 1. The molecule has 0 radical (unpaired) electrons. The number of carboxylic acids is 1. The van der Waals surface area contributed by atoms with Crippen molar-refractivity contribution in [3.05, 3.63) is 0 Å². The van der Waals surface area contributed by atoms with Crippen LogP contribution in [0.2, 0.25) is 0 Å². The quantitative estimate of drug-likeness (QED) is 0.529. The number of hydrogen-bond acceptors (Lipinski definition) is 5. The first-order valence-corrected chi connectivity index (χ1v) is 5.36. The average molecular weight is 224 g/mol. The molecule has 0 aromatic carbocycles. The van der Waals surface area contributed by atoms with Crippen molar-refractivity contribution in [3.63, 3.8) is 0 Å². The minimum Gasteiger partial charge on any atom is -0.481 e. The third-order valence-electron chi connectivity index (χ3n) is 1.28. The van der Waals surface area contributed by atoms with Crippen LogP contribution in [0.25, 0.3) is 0 Å². The van der Waals surface area contributed by atoms with Crippen LogP contribution in [0.1, 0.15) is 0 Å². The van der Waals surface area contributed by atoms with E-state index in [-0.39, 0.29) is 12.4 Å². The van der Waals surface area contributed by atoms with E-state index >= 15 is 0 Å². The van der Waals surface area contributed by atoms with Gasteiger partial charge in [0.2, 0.25) is 0 Å². The SMILES string of the molecule is COCCOCC(O)CSCC(=O)O. The second-order valence-corrected chi connectivity index (χ2v) is 3.66. The summed E-state index contributed by atoms with van der Waals surface area (Å²) in [6.45, 7) is 1.15. The van der Waals surface area contributed by atoms with E-state index in [1.54, 1.807) is 7.11 Å². The lowest BCUT2D eigenvalue weighted by Crippen LogP contribution is -2.20. The molecule has 0 heterocycles. The average Bonchev–Trinajstić information content (AvgIpc) is 2.12. The molecule has 1 atom stereocenters. The van der Waals surface area contributed by atoms with E-state index in [1.807, 2.05) is 0 Å². The first kappa shape index (κ1) is 13.7. The Morgan fingerprint density at radius 1 is 1.50 bits per heavy atom. The number of aliphatic hydroxyl groups excluding tert-OH is 1. The predicted octanol–water partition coefficient (Wildman–Crippen LogP) is -0.172. The highest BCUT2D eigenvalue weighted by atomic mass is 32.2. The molecule has 0 bridgehead atoms. The molecule has 5 nitrogen and oxygen atoms in total. The van der Waals surface area contributed by atoms with Gasteiger partial charge in [0.1, 0.15) is 0 Å². The molecule has 2 N–H and O–H groups in total. The molecule has 0 saturated heterocycles. The predicted molar refractivity (Wildman–Crippen MR) is 53.7 cm³/mol. The Labute approximate surface area is 87.4 Å². The van der Waals surface area contributed by atoms with Gasteiger partial charge >= 0.3 is 5.97 Å². The number of aliphatic hydroxyl groups is 1. The highest BCUT2D eigenvalue weighted by molar-refractivity contribution is 7.99. The third-order valence-corrected chi connectivity index (χ3v) is 2.35. The molecule has 0 rings (SSSR count). The fourth-order valence-corrected chi connectivity index (χ4v) is 1.35. The van der Waals surface area contributed by atoms with Crippen molar-refractivity contribution in [1.29, 1.82) is 0 Å². The molecule has 0 spiro atoms. The summed E-state index contributed by atoms with van der Waals surface area (Å²) >= 11 is 1.17. The lowest BCUT2D eigenvalue weighted by atomic mass is 10.4. The Bertz CT molecular complexity index is 153. The molecule has 0 aliphatic carbocycles. The van der Waals surface area contributed by atoms with Crippen molar-refractivity contribution in [2.75, 3.05) is 38.4 Å². The standard InChI is InChI=1S/C8H16O5S/c1-12-2-3-13-4-7(9)5-14-6-8(10)11/h7,9H,2-6H2,1H3,(H,10,11). The lowest BCUT2D eigenvalue weighted by molar-refractivity contribution is -0.133. The molecule has 0 aliphatic heterocycles. The normalized spacial score (nSPS) is 12.7. The van der Waals surface area contributed by atoms with Gasteiger partial charge in [0, 0.05) is 12.9 Å². The monoisotopic (exact) mass is 224 g/mol. The molecular weight excluding hydrogens is 208 g/mol. The number of carbonyl (C=O) groups is 1. The zero-order chi connectivity index (χ0) is 10.8. The molecule has 0 fully saturated rings. The van der Waals surface area contributed by atoms with E-state index in [2.05, 4.69) is 0 Å². The highest BCUT2D eigenvalue weighted by Gasteiger charge is 2.05. The van der Waals surface area contributed by atoms with E-state index in [1.165, 1.54) is 11.8 Å². The number of aliphatic carboxylic acids is 1. The Kier molecular flexibility index (Phi) is 9.06. The Morgan fingerprint density at radius 2 is 2.21 bits per heavy atom. The van der Waals surface area contributed by atoms with E-state index in [0.717, 1.165) is 0 Å². The molecular formula is C8H16O5S. The van der Waals surface area contributed by atoms with Crippen molar-refractivity contribution in [1.82, 2.24) is 0 Å². The second-order valence-electron chi connectivity index (χ2n) is 2.63. The molecule has 6 heteroatoms. The molecule has 0 aromatic rings. The van der Waals surface area contributed by atoms with Gasteiger partial charge in [-0.05, 0) is 0 Å². The van der Waals surface area contributed by atoms with E-state index in [4.69, 9.17) is 14.6 Å². The molecule has 0 aromatic heterocycles. The topological polar surface area (TPSA) is 76.0 Å². The number of ether oxygens (including phenoxy) is 2. The van der Waals surface area contributed by atoms with Crippen molar-refractivity contribution < 1.29 is 24.5 Å². The molecule has 0 saturated carbocycles. The van der Waals surface area contributed by atoms with Gasteiger partial charge in [-0.2, -0.15) is 0 Å². The molecule has 0 amide bonds. The van der Waals surface area contributed by atoms with Gasteiger partial charge in [-0.15, -0.1) is 11.8 Å². The van der Waals surface area contributed by atoms with Gasteiger partial charge < -0.3 is 19.7 Å².